The van der Waals surface area contributed by atoms with Crippen molar-refractivity contribution in [2.75, 3.05) is 0 Å². The number of esters is 1. The first-order valence-electron chi connectivity index (χ1n) is 8.94. The molecule has 3 rings (SSSR count). The molecule has 0 spiro atoms. The van der Waals surface area contributed by atoms with Crippen LogP contribution in [0.15, 0.2) is 0 Å². The van der Waals surface area contributed by atoms with Crippen molar-refractivity contribution >= 4 is 14.0 Å². The summed E-state index contributed by atoms with van der Waals surface area (Å²) in [5.41, 5.74) is -0.165. The molecule has 2 bridgehead atoms. The van der Waals surface area contributed by atoms with E-state index in [0.717, 1.165) is 30.7 Å². The third kappa shape index (κ3) is 2.83. The second kappa shape index (κ2) is 5.11. The Labute approximate surface area is 131 Å². The summed E-state index contributed by atoms with van der Waals surface area (Å²) in [6, 6.07) is 2.54. The number of carbonyl (C=O) groups excluding carboxylic acids is 1. The molecule has 2 saturated carbocycles. The molecule has 3 fully saturated rings. The average Bonchev–Trinajstić information content (AvgIpc) is 2.88. The predicted octanol–water partition coefficient (Wildman–Crippen LogP) is 4.72. The van der Waals surface area contributed by atoms with Gasteiger partial charge >= 0.3 is 5.97 Å². The summed E-state index contributed by atoms with van der Waals surface area (Å²) in [6.07, 6.45) is 4.67. The first-order chi connectivity index (χ1) is 9.71. The van der Waals surface area contributed by atoms with Crippen molar-refractivity contribution in [2.45, 2.75) is 77.2 Å². The van der Waals surface area contributed by atoms with Crippen LogP contribution in [-0.2, 0) is 9.53 Å². The van der Waals surface area contributed by atoms with Crippen molar-refractivity contribution < 1.29 is 9.53 Å². The molecule has 0 aromatic rings. The smallest absolute Gasteiger partial charge is 0.309 e. The van der Waals surface area contributed by atoms with Crippen molar-refractivity contribution in [3.63, 3.8) is 0 Å². The van der Waals surface area contributed by atoms with Gasteiger partial charge in [-0.3, -0.25) is 4.79 Å². The molecule has 1 aliphatic heterocycles. The summed E-state index contributed by atoms with van der Waals surface area (Å²) in [4.78, 5) is 12.8. The molecule has 3 aliphatic rings. The van der Waals surface area contributed by atoms with Gasteiger partial charge in [-0.15, -0.1) is 0 Å². The fourth-order valence-electron chi connectivity index (χ4n) is 5.75. The molecule has 3 heteroatoms. The summed E-state index contributed by atoms with van der Waals surface area (Å²) in [6.45, 7) is 11.8. The molecular weight excluding hydrogens is 276 g/mol. The van der Waals surface area contributed by atoms with E-state index in [2.05, 4.69) is 33.9 Å². The lowest BCUT2D eigenvalue weighted by atomic mass is 9.76. The normalized spacial score (nSPS) is 48.3. The van der Waals surface area contributed by atoms with E-state index in [1.165, 1.54) is 18.9 Å². The highest BCUT2D eigenvalue weighted by Gasteiger charge is 2.53. The Morgan fingerprint density at radius 1 is 1.19 bits per heavy atom. The highest BCUT2D eigenvalue weighted by atomic mass is 28.3. The Bertz CT molecular complexity index is 431. The van der Waals surface area contributed by atoms with Gasteiger partial charge in [0.05, 0.1) is 14.0 Å². The Hall–Kier alpha value is -0.313. The van der Waals surface area contributed by atoms with Gasteiger partial charge < -0.3 is 4.74 Å². The maximum atomic E-state index is 12.8. The summed E-state index contributed by atoms with van der Waals surface area (Å²) in [5.74, 6) is 3.20. The minimum atomic E-state index is -1.15. The zero-order valence-corrected chi connectivity index (χ0v) is 15.4. The lowest BCUT2D eigenvalue weighted by molar-refractivity contribution is -0.165. The van der Waals surface area contributed by atoms with Crippen LogP contribution in [0.5, 0.6) is 0 Å². The minimum Gasteiger partial charge on any atom is -0.459 e. The van der Waals surface area contributed by atoms with E-state index in [9.17, 15) is 4.79 Å². The van der Waals surface area contributed by atoms with Gasteiger partial charge in [-0.05, 0) is 55.9 Å². The zero-order chi connectivity index (χ0) is 15.4. The van der Waals surface area contributed by atoms with Gasteiger partial charge in [0.2, 0.25) is 0 Å². The Morgan fingerprint density at radius 2 is 1.90 bits per heavy atom. The lowest BCUT2D eigenvalue weighted by Gasteiger charge is -2.42. The molecule has 0 radical (unpaired) electrons. The first kappa shape index (κ1) is 15.6. The van der Waals surface area contributed by atoms with Crippen LogP contribution in [0.1, 0.15) is 46.5 Å². The van der Waals surface area contributed by atoms with E-state index in [0.29, 0.717) is 11.8 Å². The van der Waals surface area contributed by atoms with Crippen LogP contribution in [0, 0.1) is 29.6 Å². The monoisotopic (exact) mass is 308 g/mol. The first-order valence-corrected chi connectivity index (χ1v) is 12.4. The summed E-state index contributed by atoms with van der Waals surface area (Å²) < 4.78 is 6.13. The van der Waals surface area contributed by atoms with Crippen LogP contribution in [0.2, 0.25) is 25.2 Å². The fourth-order valence-corrected chi connectivity index (χ4v) is 9.33. The van der Waals surface area contributed by atoms with Gasteiger partial charge in [-0.1, -0.05) is 39.4 Å². The molecule has 0 aromatic carbocycles. The Morgan fingerprint density at radius 3 is 2.48 bits per heavy atom. The van der Waals surface area contributed by atoms with E-state index >= 15 is 0 Å². The van der Waals surface area contributed by atoms with Gasteiger partial charge in [-0.25, -0.2) is 0 Å². The van der Waals surface area contributed by atoms with Gasteiger partial charge in [0, 0.05) is 0 Å². The van der Waals surface area contributed by atoms with Crippen LogP contribution in [0.4, 0.5) is 0 Å². The van der Waals surface area contributed by atoms with E-state index in [-0.39, 0.29) is 17.5 Å². The second-order valence-corrected chi connectivity index (χ2v) is 14.5. The third-order valence-electron chi connectivity index (χ3n) is 6.96. The molecule has 2 aliphatic carbocycles. The Balaban J connectivity index is 1.65. The van der Waals surface area contributed by atoms with Gasteiger partial charge in [-0.2, -0.15) is 0 Å². The van der Waals surface area contributed by atoms with Crippen LogP contribution >= 0.6 is 0 Å². The van der Waals surface area contributed by atoms with E-state index in [1.54, 1.807) is 0 Å². The highest BCUT2D eigenvalue weighted by molar-refractivity contribution is 6.77. The lowest BCUT2D eigenvalue weighted by Crippen LogP contribution is -2.46. The van der Waals surface area contributed by atoms with Crippen LogP contribution in [-0.4, -0.2) is 19.6 Å². The number of ether oxygens (including phenoxy) is 1. The molecule has 2 nitrogen and oxygen atoms in total. The van der Waals surface area contributed by atoms with E-state index < -0.39 is 8.07 Å². The molecule has 1 saturated heterocycles. The predicted molar refractivity (Wildman–Crippen MR) is 88.9 cm³/mol. The third-order valence-corrected chi connectivity index (χ3v) is 10.4. The molecule has 0 amide bonds. The molecule has 6 unspecified atom stereocenters. The van der Waals surface area contributed by atoms with Gasteiger partial charge in [0.15, 0.2) is 0 Å². The number of fused-ring (bicyclic) bond motifs is 2. The standard InChI is InChI=1S/C18H32O2Si/c1-12-13(2)15-9-14(12)10-16(15)17(19)20-18(3)7-6-8-21(4,5)11-18/h12-16H,6-11H2,1-5H3. The number of rotatable bonds is 2. The van der Waals surface area contributed by atoms with Crippen molar-refractivity contribution in [2.24, 2.45) is 29.6 Å². The molecule has 1 heterocycles. The van der Waals surface area contributed by atoms with Crippen molar-refractivity contribution in [3.8, 4) is 0 Å². The minimum absolute atomic E-state index is 0.135. The molecular formula is C18H32O2Si. The Kier molecular flexibility index (Phi) is 3.79. The fraction of sp³-hybridized carbons (Fsp3) is 0.944. The summed E-state index contributed by atoms with van der Waals surface area (Å²) in [7, 11) is -1.15. The van der Waals surface area contributed by atoms with Crippen LogP contribution in [0.3, 0.4) is 0 Å². The summed E-state index contributed by atoms with van der Waals surface area (Å²) in [5, 5.41) is 0. The van der Waals surface area contributed by atoms with Crippen molar-refractivity contribution in [1.29, 1.82) is 0 Å². The van der Waals surface area contributed by atoms with Gasteiger partial charge in [0.1, 0.15) is 5.60 Å². The number of hydrogen-bond acceptors (Lipinski definition) is 2. The number of carbonyl (C=O) groups is 1. The number of hydrogen-bond donors (Lipinski definition) is 0. The maximum absolute atomic E-state index is 12.8. The SMILES string of the molecule is CC1C2CC(C(=O)OC3(C)CCC[Si](C)(C)C3)C(C2)C1C. The zero-order valence-electron chi connectivity index (χ0n) is 14.4. The highest BCUT2D eigenvalue weighted by Crippen LogP contribution is 2.55. The summed E-state index contributed by atoms with van der Waals surface area (Å²) >= 11 is 0. The quantitative estimate of drug-likeness (QED) is 0.545. The van der Waals surface area contributed by atoms with Gasteiger partial charge in [0.25, 0.3) is 0 Å². The largest absolute Gasteiger partial charge is 0.459 e. The van der Waals surface area contributed by atoms with Crippen LogP contribution in [0.25, 0.3) is 0 Å². The molecule has 21 heavy (non-hydrogen) atoms. The van der Waals surface area contributed by atoms with Crippen LogP contribution < -0.4 is 0 Å². The second-order valence-electron chi connectivity index (χ2n) is 9.29. The molecule has 0 aromatic heterocycles. The van der Waals surface area contributed by atoms with E-state index in [1.807, 2.05) is 0 Å². The molecule has 6 atom stereocenters. The maximum Gasteiger partial charge on any atom is 0.309 e. The van der Waals surface area contributed by atoms with E-state index in [4.69, 9.17) is 4.74 Å². The molecule has 120 valence electrons. The molecule has 0 N–H and O–H groups in total. The topological polar surface area (TPSA) is 26.3 Å². The van der Waals surface area contributed by atoms with Crippen molar-refractivity contribution in [3.05, 3.63) is 0 Å². The van der Waals surface area contributed by atoms with Crippen molar-refractivity contribution in [1.82, 2.24) is 0 Å². The average molecular weight is 309 g/mol.